The Morgan fingerprint density at radius 3 is 2.76 bits per heavy atom. The van der Waals surface area contributed by atoms with Crippen LogP contribution < -0.4 is 10.9 Å². The van der Waals surface area contributed by atoms with Gasteiger partial charge in [-0.2, -0.15) is 0 Å². The van der Waals surface area contributed by atoms with Gasteiger partial charge in [-0.3, -0.25) is 14.4 Å². The second-order valence-electron chi connectivity index (χ2n) is 7.47. The van der Waals surface area contributed by atoms with Crippen molar-refractivity contribution in [3.05, 3.63) is 51.8 Å². The highest BCUT2D eigenvalue weighted by atomic mass is 16.5. The van der Waals surface area contributed by atoms with Gasteiger partial charge in [0.1, 0.15) is 12.1 Å². The van der Waals surface area contributed by atoms with Crippen LogP contribution in [0.4, 0.5) is 0 Å². The molecule has 0 radical (unpaired) electrons. The van der Waals surface area contributed by atoms with Crippen molar-refractivity contribution in [2.45, 2.75) is 64.6 Å². The molecule has 1 fully saturated rings. The standard InChI is InChI=1S/C21H28N4O4/c1-3-15-12-17(29-23-15)13-22-20(27)18-10-7-11-25(21(18)28)14-19(26)24(2)16-8-5-4-6-9-16/h7,10-12,16H,3-6,8-9,13-14H2,1-2H3,(H,22,27). The molecule has 8 heteroatoms. The Balaban J connectivity index is 1.64. The average Bonchev–Trinajstić information content (AvgIpc) is 3.21. The number of aromatic nitrogens is 2. The lowest BCUT2D eigenvalue weighted by Crippen LogP contribution is -2.42. The molecule has 0 saturated heterocycles. The van der Waals surface area contributed by atoms with Crippen molar-refractivity contribution in [3.8, 4) is 0 Å². The maximum absolute atomic E-state index is 12.7. The number of amides is 2. The highest BCUT2D eigenvalue weighted by Gasteiger charge is 2.23. The molecule has 0 spiro atoms. The number of pyridine rings is 1. The highest BCUT2D eigenvalue weighted by Crippen LogP contribution is 2.21. The lowest BCUT2D eigenvalue weighted by molar-refractivity contribution is -0.133. The smallest absolute Gasteiger partial charge is 0.263 e. The van der Waals surface area contributed by atoms with Gasteiger partial charge < -0.3 is 19.3 Å². The lowest BCUT2D eigenvalue weighted by atomic mass is 9.94. The van der Waals surface area contributed by atoms with Crippen LogP contribution in [0, 0.1) is 0 Å². The molecule has 1 N–H and O–H groups in total. The molecule has 2 aromatic rings. The summed E-state index contributed by atoms with van der Waals surface area (Å²) in [4.78, 5) is 39.5. The number of aryl methyl sites for hydroxylation is 1. The van der Waals surface area contributed by atoms with Crippen LogP contribution in [0.15, 0.2) is 33.7 Å². The highest BCUT2D eigenvalue weighted by molar-refractivity contribution is 5.93. The van der Waals surface area contributed by atoms with Crippen LogP contribution in [0.1, 0.15) is 60.8 Å². The first-order valence-corrected chi connectivity index (χ1v) is 10.2. The summed E-state index contributed by atoms with van der Waals surface area (Å²) < 4.78 is 6.43. The lowest BCUT2D eigenvalue weighted by Gasteiger charge is -2.31. The molecule has 0 aromatic carbocycles. The largest absolute Gasteiger partial charge is 0.359 e. The topological polar surface area (TPSA) is 97.4 Å². The third-order valence-electron chi connectivity index (χ3n) is 5.48. The molecule has 2 heterocycles. The second-order valence-corrected chi connectivity index (χ2v) is 7.47. The third-order valence-corrected chi connectivity index (χ3v) is 5.48. The van der Waals surface area contributed by atoms with Gasteiger partial charge in [-0.25, -0.2) is 0 Å². The van der Waals surface area contributed by atoms with Crippen LogP contribution in [0.5, 0.6) is 0 Å². The van der Waals surface area contributed by atoms with Crippen LogP contribution in [0.25, 0.3) is 0 Å². The van der Waals surface area contributed by atoms with E-state index in [1.54, 1.807) is 24.1 Å². The molecule has 1 saturated carbocycles. The minimum atomic E-state index is -0.508. The average molecular weight is 400 g/mol. The molecule has 8 nitrogen and oxygen atoms in total. The van der Waals surface area contributed by atoms with Crippen molar-refractivity contribution in [2.24, 2.45) is 0 Å². The first-order valence-electron chi connectivity index (χ1n) is 10.2. The normalized spacial score (nSPS) is 14.6. The SMILES string of the molecule is CCc1cc(CNC(=O)c2cccn(CC(=O)N(C)C3CCCCC3)c2=O)on1. The molecule has 3 rings (SSSR count). The first kappa shape index (κ1) is 20.8. The number of hydrogen-bond acceptors (Lipinski definition) is 5. The van der Waals surface area contributed by atoms with Gasteiger partial charge in [0.2, 0.25) is 5.91 Å². The Morgan fingerprint density at radius 2 is 2.07 bits per heavy atom. The van der Waals surface area contributed by atoms with Crippen molar-refractivity contribution >= 4 is 11.8 Å². The van der Waals surface area contributed by atoms with Crippen LogP contribution in [-0.2, 0) is 24.3 Å². The van der Waals surface area contributed by atoms with Crippen molar-refractivity contribution in [1.29, 1.82) is 0 Å². The number of nitrogens with one attached hydrogen (secondary N) is 1. The van der Waals surface area contributed by atoms with E-state index in [-0.39, 0.29) is 30.6 Å². The van der Waals surface area contributed by atoms with E-state index in [1.807, 2.05) is 6.92 Å². The monoisotopic (exact) mass is 400 g/mol. The summed E-state index contributed by atoms with van der Waals surface area (Å²) in [6, 6.07) is 5.06. The van der Waals surface area contributed by atoms with E-state index in [2.05, 4.69) is 10.5 Å². The van der Waals surface area contributed by atoms with E-state index < -0.39 is 11.5 Å². The number of likely N-dealkylation sites (N-methyl/N-ethyl adjacent to an activating group) is 1. The first-order chi connectivity index (χ1) is 14.0. The molecule has 156 valence electrons. The van der Waals surface area contributed by atoms with Crippen LogP contribution in [0.2, 0.25) is 0 Å². The van der Waals surface area contributed by atoms with Crippen molar-refractivity contribution in [3.63, 3.8) is 0 Å². The summed E-state index contributed by atoms with van der Waals surface area (Å²) in [6.45, 7) is 2.03. The molecule has 1 aliphatic carbocycles. The van der Waals surface area contributed by atoms with Gasteiger partial charge >= 0.3 is 0 Å². The maximum Gasteiger partial charge on any atom is 0.263 e. The predicted molar refractivity (Wildman–Crippen MR) is 107 cm³/mol. The number of carbonyl (C=O) groups is 2. The fourth-order valence-corrected chi connectivity index (χ4v) is 3.63. The minimum Gasteiger partial charge on any atom is -0.359 e. The van der Waals surface area contributed by atoms with Gasteiger partial charge in [-0.05, 0) is 31.4 Å². The molecule has 1 aliphatic rings. The molecule has 0 bridgehead atoms. The Kier molecular flexibility index (Phi) is 6.85. The zero-order chi connectivity index (χ0) is 20.8. The minimum absolute atomic E-state index is 0.00384. The van der Waals surface area contributed by atoms with Crippen LogP contribution in [0.3, 0.4) is 0 Å². The second kappa shape index (κ2) is 9.54. The fraction of sp³-hybridized carbons (Fsp3) is 0.524. The van der Waals surface area contributed by atoms with Gasteiger partial charge in [0.05, 0.1) is 12.2 Å². The predicted octanol–water partition coefficient (Wildman–Crippen LogP) is 2.12. The maximum atomic E-state index is 12.7. The molecule has 0 aliphatic heterocycles. The molecule has 0 atom stereocenters. The van der Waals surface area contributed by atoms with E-state index in [0.29, 0.717) is 5.76 Å². The molecule has 0 unspecified atom stereocenters. The van der Waals surface area contributed by atoms with Gasteiger partial charge in [0.25, 0.3) is 11.5 Å². The van der Waals surface area contributed by atoms with Crippen LogP contribution in [-0.4, -0.2) is 39.5 Å². The Labute approximate surface area is 169 Å². The number of rotatable bonds is 7. The molecular formula is C21H28N4O4. The van der Waals surface area contributed by atoms with Gasteiger partial charge in [-0.15, -0.1) is 0 Å². The summed E-state index contributed by atoms with van der Waals surface area (Å²) in [6.07, 6.45) is 7.75. The van der Waals surface area contributed by atoms with Gasteiger partial charge in [0.15, 0.2) is 5.76 Å². The Morgan fingerprint density at radius 1 is 1.31 bits per heavy atom. The number of nitrogens with zero attached hydrogens (tertiary/aromatic N) is 3. The zero-order valence-corrected chi connectivity index (χ0v) is 17.0. The quantitative estimate of drug-likeness (QED) is 0.768. The molecule has 29 heavy (non-hydrogen) atoms. The fourth-order valence-electron chi connectivity index (χ4n) is 3.63. The Bertz CT molecular complexity index is 911. The van der Waals surface area contributed by atoms with E-state index >= 15 is 0 Å². The van der Waals surface area contributed by atoms with Crippen molar-refractivity contribution in [2.75, 3.05) is 7.05 Å². The summed E-state index contributed by atoms with van der Waals surface area (Å²) in [5, 5.41) is 6.54. The van der Waals surface area contributed by atoms with E-state index in [9.17, 15) is 14.4 Å². The summed E-state index contributed by atoms with van der Waals surface area (Å²) in [5.41, 5.74) is 0.315. The summed E-state index contributed by atoms with van der Waals surface area (Å²) in [5.74, 6) is -0.104. The van der Waals surface area contributed by atoms with Gasteiger partial charge in [-0.1, -0.05) is 31.3 Å². The molecule has 2 amide bonds. The third kappa shape index (κ3) is 5.13. The number of carbonyl (C=O) groups excluding carboxylic acids is 2. The van der Waals surface area contributed by atoms with Crippen molar-refractivity contribution in [1.82, 2.24) is 19.9 Å². The summed E-state index contributed by atoms with van der Waals surface area (Å²) >= 11 is 0. The van der Waals surface area contributed by atoms with E-state index in [0.717, 1.165) is 37.8 Å². The summed E-state index contributed by atoms with van der Waals surface area (Å²) in [7, 11) is 1.79. The van der Waals surface area contributed by atoms with E-state index in [4.69, 9.17) is 4.52 Å². The van der Waals surface area contributed by atoms with Gasteiger partial charge in [0, 0.05) is 25.4 Å². The van der Waals surface area contributed by atoms with Crippen LogP contribution >= 0.6 is 0 Å². The number of hydrogen-bond donors (Lipinski definition) is 1. The Hall–Kier alpha value is -2.90. The van der Waals surface area contributed by atoms with Crippen molar-refractivity contribution < 1.29 is 14.1 Å². The molecule has 2 aromatic heterocycles. The van der Waals surface area contributed by atoms with E-state index in [1.165, 1.54) is 23.3 Å². The molecular weight excluding hydrogens is 372 g/mol. The zero-order valence-electron chi connectivity index (χ0n) is 17.0.